The van der Waals surface area contributed by atoms with Gasteiger partial charge in [-0.3, -0.25) is 30.2 Å². The number of aliphatic imine (C=N–C) groups is 2. The zero-order valence-corrected chi connectivity index (χ0v) is 15.9. The SMILES string of the molecule is O=[N+]([O-])c1ccc(O)c(C=N[C@H]2CCCC[C@@H]2N=Cc2cc([N+](=O)[O-])ccc2O)c1. The summed E-state index contributed by atoms with van der Waals surface area (Å²) in [5.41, 5.74) is 0.199. The van der Waals surface area contributed by atoms with E-state index < -0.39 is 9.85 Å². The molecule has 10 heteroatoms. The van der Waals surface area contributed by atoms with Crippen molar-refractivity contribution in [2.24, 2.45) is 9.98 Å². The number of phenolic OH excluding ortho intramolecular Hbond substituents is 2. The van der Waals surface area contributed by atoms with Gasteiger partial charge in [0.05, 0.1) is 21.9 Å². The molecule has 1 aliphatic rings. The van der Waals surface area contributed by atoms with E-state index in [4.69, 9.17) is 0 Å². The van der Waals surface area contributed by atoms with Crippen molar-refractivity contribution in [3.8, 4) is 11.5 Å². The average Bonchev–Trinajstić information content (AvgIpc) is 2.72. The Hall–Kier alpha value is -3.82. The lowest BCUT2D eigenvalue weighted by molar-refractivity contribution is -0.385. The number of benzene rings is 2. The highest BCUT2D eigenvalue weighted by atomic mass is 16.6. The summed E-state index contributed by atoms with van der Waals surface area (Å²) in [4.78, 5) is 29.7. The van der Waals surface area contributed by atoms with Crippen LogP contribution in [0.4, 0.5) is 11.4 Å². The van der Waals surface area contributed by atoms with Crippen LogP contribution in [0, 0.1) is 20.2 Å². The molecule has 10 nitrogen and oxygen atoms in total. The van der Waals surface area contributed by atoms with Crippen LogP contribution in [0.3, 0.4) is 0 Å². The van der Waals surface area contributed by atoms with Crippen LogP contribution in [-0.2, 0) is 0 Å². The van der Waals surface area contributed by atoms with E-state index in [1.807, 2.05) is 0 Å². The van der Waals surface area contributed by atoms with Gasteiger partial charge in [0.15, 0.2) is 0 Å². The number of nitro benzene ring substituents is 2. The van der Waals surface area contributed by atoms with Crippen LogP contribution in [0.5, 0.6) is 11.5 Å². The van der Waals surface area contributed by atoms with Crippen LogP contribution < -0.4 is 0 Å². The Bertz CT molecular complexity index is 939. The molecule has 2 aromatic carbocycles. The fourth-order valence-electron chi connectivity index (χ4n) is 3.31. The maximum Gasteiger partial charge on any atom is 0.270 e. The summed E-state index contributed by atoms with van der Waals surface area (Å²) < 4.78 is 0. The molecule has 3 rings (SSSR count). The second-order valence-corrected chi connectivity index (χ2v) is 6.98. The van der Waals surface area contributed by atoms with Gasteiger partial charge >= 0.3 is 0 Å². The van der Waals surface area contributed by atoms with Gasteiger partial charge in [0.25, 0.3) is 11.4 Å². The van der Waals surface area contributed by atoms with Crippen LogP contribution in [0.2, 0.25) is 0 Å². The Morgan fingerprint density at radius 2 is 1.20 bits per heavy atom. The Kier molecular flexibility index (Phi) is 6.35. The van der Waals surface area contributed by atoms with E-state index in [0.717, 1.165) is 25.7 Å². The molecule has 0 bridgehead atoms. The third-order valence-corrected chi connectivity index (χ3v) is 4.95. The highest BCUT2D eigenvalue weighted by Crippen LogP contribution is 2.27. The second-order valence-electron chi connectivity index (χ2n) is 6.98. The maximum atomic E-state index is 10.9. The molecule has 1 saturated carbocycles. The lowest BCUT2D eigenvalue weighted by atomic mass is 9.91. The summed E-state index contributed by atoms with van der Waals surface area (Å²) in [5.74, 6) is -0.219. The fourth-order valence-corrected chi connectivity index (χ4v) is 3.31. The largest absolute Gasteiger partial charge is 0.507 e. The van der Waals surface area contributed by atoms with Crippen molar-refractivity contribution in [2.45, 2.75) is 37.8 Å². The Labute approximate surface area is 171 Å². The standard InChI is InChI=1S/C20H20N4O6/c25-19-7-5-15(23(27)28)9-13(19)11-21-17-3-1-2-4-18(17)22-12-14-10-16(24(29)30)6-8-20(14)26/h5-12,17-18,25-26H,1-4H2/t17-,18-/m0/s1. The molecule has 0 aromatic heterocycles. The minimum atomic E-state index is -0.546. The first-order valence-corrected chi connectivity index (χ1v) is 9.36. The second kappa shape index (κ2) is 9.12. The van der Waals surface area contributed by atoms with Crippen molar-refractivity contribution in [2.75, 3.05) is 0 Å². The summed E-state index contributed by atoms with van der Waals surface area (Å²) in [5, 5.41) is 41.7. The van der Waals surface area contributed by atoms with E-state index in [2.05, 4.69) is 9.98 Å². The minimum absolute atomic E-state index is 0.110. The van der Waals surface area contributed by atoms with Crippen LogP contribution in [0.15, 0.2) is 46.4 Å². The molecule has 1 fully saturated rings. The molecule has 0 saturated heterocycles. The van der Waals surface area contributed by atoms with Gasteiger partial charge < -0.3 is 10.2 Å². The highest BCUT2D eigenvalue weighted by Gasteiger charge is 2.23. The van der Waals surface area contributed by atoms with E-state index >= 15 is 0 Å². The molecular weight excluding hydrogens is 392 g/mol. The van der Waals surface area contributed by atoms with Crippen molar-refractivity contribution in [3.05, 3.63) is 67.8 Å². The van der Waals surface area contributed by atoms with Gasteiger partial charge in [0.1, 0.15) is 11.5 Å². The van der Waals surface area contributed by atoms with E-state index in [9.17, 15) is 30.4 Å². The third kappa shape index (κ3) is 4.96. The lowest BCUT2D eigenvalue weighted by Crippen LogP contribution is -2.27. The third-order valence-electron chi connectivity index (χ3n) is 4.95. The first-order chi connectivity index (χ1) is 14.3. The van der Waals surface area contributed by atoms with E-state index in [1.165, 1.54) is 48.8 Å². The fraction of sp³-hybridized carbons (Fsp3) is 0.300. The maximum absolute atomic E-state index is 10.9. The van der Waals surface area contributed by atoms with Crippen molar-refractivity contribution in [1.82, 2.24) is 0 Å². The Balaban J connectivity index is 1.81. The summed E-state index contributed by atoms with van der Waals surface area (Å²) >= 11 is 0. The minimum Gasteiger partial charge on any atom is -0.507 e. The zero-order valence-electron chi connectivity index (χ0n) is 15.9. The first kappa shape index (κ1) is 20.9. The van der Waals surface area contributed by atoms with Gasteiger partial charge in [-0.25, -0.2) is 0 Å². The number of rotatable bonds is 6. The molecule has 2 atom stereocenters. The van der Waals surface area contributed by atoms with Gasteiger partial charge in [-0.1, -0.05) is 12.8 Å². The van der Waals surface area contributed by atoms with Gasteiger partial charge in [0, 0.05) is 47.8 Å². The number of hydrogen-bond donors (Lipinski definition) is 2. The predicted octanol–water partition coefficient (Wildman–Crippen LogP) is 3.76. The highest BCUT2D eigenvalue weighted by molar-refractivity contribution is 5.85. The normalized spacial score (nSPS) is 19.3. The first-order valence-electron chi connectivity index (χ1n) is 9.36. The van der Waals surface area contributed by atoms with Gasteiger partial charge in [-0.15, -0.1) is 0 Å². The number of aromatic hydroxyl groups is 2. The van der Waals surface area contributed by atoms with E-state index in [-0.39, 0.29) is 46.1 Å². The molecule has 0 spiro atoms. The van der Waals surface area contributed by atoms with Gasteiger partial charge in [0.2, 0.25) is 0 Å². The smallest absolute Gasteiger partial charge is 0.270 e. The van der Waals surface area contributed by atoms with Crippen LogP contribution in [0.1, 0.15) is 36.8 Å². The number of non-ortho nitro benzene ring substituents is 2. The van der Waals surface area contributed by atoms with Crippen molar-refractivity contribution in [1.29, 1.82) is 0 Å². The molecule has 0 aliphatic heterocycles. The molecule has 0 heterocycles. The molecule has 0 amide bonds. The van der Waals surface area contributed by atoms with Crippen LogP contribution >= 0.6 is 0 Å². The molecule has 156 valence electrons. The summed E-state index contributed by atoms with van der Waals surface area (Å²) in [6, 6.07) is 7.01. The topological polar surface area (TPSA) is 151 Å². The number of hydrogen-bond acceptors (Lipinski definition) is 8. The number of nitro groups is 2. The van der Waals surface area contributed by atoms with Gasteiger partial charge in [-0.05, 0) is 25.0 Å². The van der Waals surface area contributed by atoms with Crippen molar-refractivity contribution in [3.63, 3.8) is 0 Å². The summed E-state index contributed by atoms with van der Waals surface area (Å²) in [6.07, 6.45) is 6.19. The molecular formula is C20H20N4O6. The molecule has 0 unspecified atom stereocenters. The van der Waals surface area contributed by atoms with Crippen LogP contribution in [0.25, 0.3) is 0 Å². The quantitative estimate of drug-likeness (QED) is 0.419. The summed E-state index contributed by atoms with van der Waals surface area (Å²) in [6.45, 7) is 0. The monoisotopic (exact) mass is 412 g/mol. The van der Waals surface area contributed by atoms with E-state index in [0.29, 0.717) is 0 Å². The molecule has 30 heavy (non-hydrogen) atoms. The average molecular weight is 412 g/mol. The zero-order chi connectivity index (χ0) is 21.7. The molecule has 1 aliphatic carbocycles. The van der Waals surface area contributed by atoms with Crippen molar-refractivity contribution < 1.29 is 20.1 Å². The Morgan fingerprint density at radius 1 is 0.800 bits per heavy atom. The van der Waals surface area contributed by atoms with Crippen LogP contribution in [-0.4, -0.2) is 44.6 Å². The number of nitrogens with zero attached hydrogens (tertiary/aromatic N) is 4. The van der Waals surface area contributed by atoms with E-state index in [1.54, 1.807) is 0 Å². The van der Waals surface area contributed by atoms with Gasteiger partial charge in [-0.2, -0.15) is 0 Å². The lowest BCUT2D eigenvalue weighted by Gasteiger charge is -2.25. The predicted molar refractivity (Wildman–Crippen MR) is 111 cm³/mol. The number of phenols is 2. The summed E-state index contributed by atoms with van der Waals surface area (Å²) in [7, 11) is 0. The molecule has 0 radical (unpaired) electrons. The molecule has 2 N–H and O–H groups in total. The Morgan fingerprint density at radius 3 is 1.57 bits per heavy atom. The van der Waals surface area contributed by atoms with Crippen molar-refractivity contribution >= 4 is 23.8 Å². The molecule has 2 aromatic rings.